The molecule has 0 aliphatic rings. The van der Waals surface area contributed by atoms with E-state index in [0.717, 1.165) is 11.3 Å². The second-order valence-corrected chi connectivity index (χ2v) is 4.82. The van der Waals surface area contributed by atoms with Crippen molar-refractivity contribution >= 4 is 5.91 Å². The number of rotatable bonds is 5. The molecule has 0 saturated carbocycles. The second kappa shape index (κ2) is 6.39. The molecule has 0 aliphatic heterocycles. The summed E-state index contributed by atoms with van der Waals surface area (Å²) in [6.07, 6.45) is 1.72. The maximum atomic E-state index is 13.4. The van der Waals surface area contributed by atoms with Crippen molar-refractivity contribution in [2.45, 2.75) is 19.9 Å². The average Bonchev–Trinajstić information content (AvgIpc) is 2.78. The number of nitrogens with one attached hydrogen (secondary N) is 1. The van der Waals surface area contributed by atoms with Crippen molar-refractivity contribution < 1.29 is 13.9 Å². The number of aromatic nitrogens is 2. The van der Waals surface area contributed by atoms with Crippen LogP contribution in [-0.2, 0) is 11.8 Å². The predicted octanol–water partition coefficient (Wildman–Crippen LogP) is 2.12. The number of carbonyl (C=O) groups is 1. The summed E-state index contributed by atoms with van der Waals surface area (Å²) in [5.74, 6) is -0.728. The first-order valence-corrected chi connectivity index (χ1v) is 6.64. The molecule has 1 unspecified atom stereocenters. The zero-order chi connectivity index (χ0) is 15.4. The number of ether oxygens (including phenoxy) is 1. The van der Waals surface area contributed by atoms with E-state index in [0.29, 0.717) is 0 Å². The largest absolute Gasteiger partial charge is 0.481 e. The van der Waals surface area contributed by atoms with Gasteiger partial charge in [0.15, 0.2) is 18.2 Å². The molecule has 21 heavy (non-hydrogen) atoms. The van der Waals surface area contributed by atoms with Crippen molar-refractivity contribution in [2.75, 3.05) is 6.61 Å². The van der Waals surface area contributed by atoms with Crippen LogP contribution in [0.4, 0.5) is 4.39 Å². The van der Waals surface area contributed by atoms with Gasteiger partial charge in [0.05, 0.1) is 12.2 Å². The fourth-order valence-corrected chi connectivity index (χ4v) is 2.01. The van der Waals surface area contributed by atoms with Gasteiger partial charge in [0, 0.05) is 18.3 Å². The number of benzene rings is 1. The van der Waals surface area contributed by atoms with Gasteiger partial charge in [-0.05, 0) is 26.0 Å². The van der Waals surface area contributed by atoms with Crippen LogP contribution in [-0.4, -0.2) is 22.3 Å². The number of para-hydroxylation sites is 1. The van der Waals surface area contributed by atoms with Crippen molar-refractivity contribution in [3.63, 3.8) is 0 Å². The Morgan fingerprint density at radius 1 is 1.48 bits per heavy atom. The van der Waals surface area contributed by atoms with Crippen LogP contribution < -0.4 is 10.1 Å². The highest BCUT2D eigenvalue weighted by Crippen LogP contribution is 2.17. The molecular formula is C15H18FN3O2. The molecule has 6 heteroatoms. The molecule has 0 fully saturated rings. The molecule has 0 bridgehead atoms. The lowest BCUT2D eigenvalue weighted by Crippen LogP contribution is -2.31. The lowest BCUT2D eigenvalue weighted by atomic mass is 10.1. The Labute approximate surface area is 122 Å². The number of amides is 1. The van der Waals surface area contributed by atoms with Crippen molar-refractivity contribution in [1.29, 1.82) is 0 Å². The van der Waals surface area contributed by atoms with Crippen LogP contribution in [0.1, 0.15) is 24.2 Å². The monoisotopic (exact) mass is 291 g/mol. The number of carbonyl (C=O) groups excluding carboxylic acids is 1. The Morgan fingerprint density at radius 3 is 2.81 bits per heavy atom. The van der Waals surface area contributed by atoms with Crippen LogP contribution in [0.25, 0.3) is 0 Å². The SMILES string of the molecule is Cc1c(C(C)NC(=O)COc2ccccc2F)cnn1C. The van der Waals surface area contributed by atoms with E-state index in [9.17, 15) is 9.18 Å². The Hall–Kier alpha value is -2.37. The molecule has 5 nitrogen and oxygen atoms in total. The highest BCUT2D eigenvalue weighted by atomic mass is 19.1. The van der Waals surface area contributed by atoms with Gasteiger partial charge in [-0.25, -0.2) is 4.39 Å². The van der Waals surface area contributed by atoms with Crippen molar-refractivity contribution in [1.82, 2.24) is 15.1 Å². The summed E-state index contributed by atoms with van der Waals surface area (Å²) in [5, 5.41) is 6.93. The highest BCUT2D eigenvalue weighted by Gasteiger charge is 2.15. The molecule has 1 atom stereocenters. The molecule has 1 N–H and O–H groups in total. The van der Waals surface area contributed by atoms with E-state index >= 15 is 0 Å². The Bertz CT molecular complexity index is 640. The smallest absolute Gasteiger partial charge is 0.258 e. The van der Waals surface area contributed by atoms with Crippen LogP contribution in [0.3, 0.4) is 0 Å². The maximum absolute atomic E-state index is 13.4. The van der Waals surface area contributed by atoms with Crippen molar-refractivity contribution in [3.8, 4) is 5.75 Å². The standard InChI is InChI=1S/C15H18FN3O2/c1-10(12-8-17-19(3)11(12)2)18-15(20)9-21-14-7-5-4-6-13(14)16/h4-8,10H,9H2,1-3H3,(H,18,20). The molecular weight excluding hydrogens is 273 g/mol. The minimum Gasteiger partial charge on any atom is -0.481 e. The first-order chi connectivity index (χ1) is 9.99. The van der Waals surface area contributed by atoms with E-state index in [1.54, 1.807) is 23.0 Å². The van der Waals surface area contributed by atoms with Gasteiger partial charge in [0.25, 0.3) is 5.91 Å². The van der Waals surface area contributed by atoms with E-state index in [4.69, 9.17) is 4.74 Å². The van der Waals surface area contributed by atoms with Gasteiger partial charge in [-0.15, -0.1) is 0 Å². The number of hydrogen-bond donors (Lipinski definition) is 1. The van der Waals surface area contributed by atoms with Crippen LogP contribution in [0.15, 0.2) is 30.5 Å². The summed E-state index contributed by atoms with van der Waals surface area (Å²) in [6.45, 7) is 3.57. The minimum atomic E-state index is -0.485. The summed E-state index contributed by atoms with van der Waals surface area (Å²) >= 11 is 0. The summed E-state index contributed by atoms with van der Waals surface area (Å²) < 4.78 is 20.3. The number of hydrogen-bond acceptors (Lipinski definition) is 3. The lowest BCUT2D eigenvalue weighted by Gasteiger charge is -2.14. The van der Waals surface area contributed by atoms with Crippen LogP contribution in [0, 0.1) is 12.7 Å². The van der Waals surface area contributed by atoms with Gasteiger partial charge in [-0.2, -0.15) is 5.10 Å². The topological polar surface area (TPSA) is 56.1 Å². The molecule has 1 aromatic heterocycles. The van der Waals surface area contributed by atoms with Crippen molar-refractivity contribution in [3.05, 3.63) is 47.5 Å². The molecule has 0 aliphatic carbocycles. The third kappa shape index (κ3) is 3.59. The minimum absolute atomic E-state index is 0.0675. The second-order valence-electron chi connectivity index (χ2n) is 4.82. The maximum Gasteiger partial charge on any atom is 0.258 e. The van der Waals surface area contributed by atoms with E-state index in [1.165, 1.54) is 12.1 Å². The van der Waals surface area contributed by atoms with E-state index in [1.807, 2.05) is 20.9 Å². The molecule has 112 valence electrons. The van der Waals surface area contributed by atoms with E-state index in [2.05, 4.69) is 10.4 Å². The summed E-state index contributed by atoms with van der Waals surface area (Å²) in [6, 6.07) is 5.80. The van der Waals surface area contributed by atoms with Gasteiger partial charge in [-0.1, -0.05) is 12.1 Å². The Balaban J connectivity index is 1.90. The first kappa shape index (κ1) is 15.0. The van der Waals surface area contributed by atoms with Gasteiger partial charge < -0.3 is 10.1 Å². The Morgan fingerprint density at radius 2 is 2.19 bits per heavy atom. The molecule has 2 rings (SSSR count). The summed E-state index contributed by atoms with van der Waals surface area (Å²) in [5.41, 5.74) is 1.93. The first-order valence-electron chi connectivity index (χ1n) is 6.64. The van der Waals surface area contributed by atoms with Crippen LogP contribution >= 0.6 is 0 Å². The fraction of sp³-hybridized carbons (Fsp3) is 0.333. The van der Waals surface area contributed by atoms with Gasteiger partial charge in [-0.3, -0.25) is 9.48 Å². The third-order valence-corrected chi connectivity index (χ3v) is 3.31. The van der Waals surface area contributed by atoms with E-state index in [-0.39, 0.29) is 24.3 Å². The number of nitrogens with zero attached hydrogens (tertiary/aromatic N) is 2. The fourth-order valence-electron chi connectivity index (χ4n) is 2.01. The van der Waals surface area contributed by atoms with Gasteiger partial charge >= 0.3 is 0 Å². The average molecular weight is 291 g/mol. The van der Waals surface area contributed by atoms with Gasteiger partial charge in [0.1, 0.15) is 0 Å². The van der Waals surface area contributed by atoms with E-state index < -0.39 is 5.82 Å². The van der Waals surface area contributed by atoms with Gasteiger partial charge in [0.2, 0.25) is 0 Å². The van der Waals surface area contributed by atoms with Crippen molar-refractivity contribution in [2.24, 2.45) is 7.05 Å². The molecule has 0 saturated heterocycles. The molecule has 1 amide bonds. The quantitative estimate of drug-likeness (QED) is 0.918. The third-order valence-electron chi connectivity index (χ3n) is 3.31. The van der Waals surface area contributed by atoms with Crippen LogP contribution in [0.5, 0.6) is 5.75 Å². The zero-order valence-corrected chi connectivity index (χ0v) is 12.3. The summed E-state index contributed by atoms with van der Waals surface area (Å²) in [7, 11) is 1.84. The lowest BCUT2D eigenvalue weighted by molar-refractivity contribution is -0.123. The number of halogens is 1. The zero-order valence-electron chi connectivity index (χ0n) is 12.3. The predicted molar refractivity (Wildman–Crippen MR) is 76.4 cm³/mol. The Kier molecular flexibility index (Phi) is 4.57. The normalized spacial score (nSPS) is 12.0. The molecule has 1 heterocycles. The van der Waals surface area contributed by atoms with Crippen LogP contribution in [0.2, 0.25) is 0 Å². The molecule has 0 radical (unpaired) electrons. The molecule has 2 aromatic rings. The highest BCUT2D eigenvalue weighted by molar-refractivity contribution is 5.78. The summed E-state index contributed by atoms with van der Waals surface area (Å²) in [4.78, 5) is 11.8. The molecule has 1 aromatic carbocycles. The number of aryl methyl sites for hydroxylation is 1. The molecule has 0 spiro atoms.